The molecule has 0 bridgehead atoms. The summed E-state index contributed by atoms with van der Waals surface area (Å²) >= 11 is 0. The van der Waals surface area contributed by atoms with E-state index in [1.807, 2.05) is 6.92 Å². The second kappa shape index (κ2) is 3.81. The topological polar surface area (TPSA) is 69.8 Å². The van der Waals surface area contributed by atoms with E-state index in [1.54, 1.807) is 0 Å². The monoisotopic (exact) mass is 349 g/mol. The van der Waals surface area contributed by atoms with Gasteiger partial charge < -0.3 is 10.4 Å². The minimum absolute atomic E-state index is 0. The predicted molar refractivity (Wildman–Crippen MR) is 41.4 cm³/mol. The first-order valence-electron chi connectivity index (χ1n) is 3.70. The third-order valence-electron chi connectivity index (χ3n) is 1.78. The van der Waals surface area contributed by atoms with Crippen LogP contribution in [0.2, 0.25) is 0 Å². The van der Waals surface area contributed by atoms with Crippen molar-refractivity contribution in [2.45, 2.75) is 13.3 Å². The van der Waals surface area contributed by atoms with E-state index in [9.17, 15) is 0 Å². The summed E-state index contributed by atoms with van der Waals surface area (Å²) in [7, 11) is 0. The molecule has 0 saturated carbocycles. The summed E-state index contributed by atoms with van der Waals surface area (Å²) in [5.74, 6) is 0. The van der Waals surface area contributed by atoms with E-state index in [1.165, 1.54) is 10.8 Å². The molecule has 0 unspecified atom stereocenters. The molecule has 0 saturated heterocycles. The third-order valence-corrected chi connectivity index (χ3v) is 1.78. The molecule has 13 heavy (non-hydrogen) atoms. The number of hydrogen-bond acceptors (Lipinski definition) is 3. The Bertz CT molecular complexity index is 457. The largest absolute Gasteiger partial charge is 0.490 e. The summed E-state index contributed by atoms with van der Waals surface area (Å²) in [6, 6.07) is 0. The van der Waals surface area contributed by atoms with E-state index < -0.39 is 0 Å². The number of aryl methyl sites for hydroxylation is 1. The maximum absolute atomic E-state index is 7.55. The predicted octanol–water partition coefficient (Wildman–Crippen LogP) is -0.103. The first-order chi connectivity index (χ1) is 5.83. The van der Waals surface area contributed by atoms with Crippen LogP contribution < -0.4 is 5.36 Å². The molecule has 2 heterocycles. The van der Waals surface area contributed by atoms with Gasteiger partial charge in [0, 0.05) is 26.1 Å². The molecular formula is C7H8N5Re-. The Morgan fingerprint density at radius 3 is 3.15 bits per heavy atom. The van der Waals surface area contributed by atoms with Crippen LogP contribution in [0.25, 0.3) is 5.65 Å². The van der Waals surface area contributed by atoms with Gasteiger partial charge in [-0.3, -0.25) is 5.10 Å². The van der Waals surface area contributed by atoms with E-state index in [2.05, 4.69) is 21.5 Å². The number of H-pyrrole nitrogens is 1. The van der Waals surface area contributed by atoms with E-state index in [4.69, 9.17) is 5.41 Å². The molecule has 1 radical (unpaired) electrons. The fourth-order valence-electron chi connectivity index (χ4n) is 1.18. The van der Waals surface area contributed by atoms with Crippen molar-refractivity contribution in [3.8, 4) is 0 Å². The van der Waals surface area contributed by atoms with Crippen molar-refractivity contribution >= 4 is 5.65 Å². The van der Waals surface area contributed by atoms with E-state index in [0.717, 1.165) is 17.6 Å². The quantitative estimate of drug-likeness (QED) is 0.707. The zero-order chi connectivity index (χ0) is 8.55. The van der Waals surface area contributed by atoms with Crippen LogP contribution in [0.5, 0.6) is 0 Å². The maximum atomic E-state index is 7.55. The first kappa shape index (κ1) is 10.1. The molecule has 0 aliphatic carbocycles. The van der Waals surface area contributed by atoms with Crippen LogP contribution in [-0.4, -0.2) is 19.8 Å². The molecule has 0 atom stereocenters. The van der Waals surface area contributed by atoms with Crippen molar-refractivity contribution in [3.63, 3.8) is 0 Å². The molecule has 0 fully saturated rings. The van der Waals surface area contributed by atoms with Gasteiger partial charge >= 0.3 is 0 Å². The van der Waals surface area contributed by atoms with E-state index in [-0.39, 0.29) is 20.4 Å². The Kier molecular flexibility index (Phi) is 2.96. The van der Waals surface area contributed by atoms with Crippen molar-refractivity contribution in [2.75, 3.05) is 0 Å². The van der Waals surface area contributed by atoms with Gasteiger partial charge in [-0.25, -0.2) is 4.63 Å². The van der Waals surface area contributed by atoms with E-state index >= 15 is 0 Å². The zero-order valence-electron chi connectivity index (χ0n) is 7.00. The van der Waals surface area contributed by atoms with Crippen LogP contribution in [0.15, 0.2) is 6.20 Å². The minimum atomic E-state index is 0. The van der Waals surface area contributed by atoms with Crippen LogP contribution in [0.4, 0.5) is 0 Å². The van der Waals surface area contributed by atoms with Gasteiger partial charge in [0.15, 0.2) is 0 Å². The number of fused-ring (bicyclic) bond motifs is 1. The molecule has 0 spiro atoms. The number of rotatable bonds is 1. The van der Waals surface area contributed by atoms with Crippen molar-refractivity contribution in [3.05, 3.63) is 23.4 Å². The van der Waals surface area contributed by atoms with Crippen molar-refractivity contribution in [1.29, 1.82) is 5.41 Å². The molecule has 6 heteroatoms. The number of nitrogens with one attached hydrogen (secondary N) is 2. The SMILES string of the molecule is CCc1c(=N)cnn2n[c-][nH]c12.[Re]. The molecule has 0 aliphatic heterocycles. The molecule has 0 amide bonds. The van der Waals surface area contributed by atoms with Crippen LogP contribution in [0.1, 0.15) is 12.5 Å². The average molecular weight is 348 g/mol. The average Bonchev–Trinajstić information content (AvgIpc) is 2.52. The Hall–Kier alpha value is -0.988. The fourth-order valence-corrected chi connectivity index (χ4v) is 1.18. The van der Waals surface area contributed by atoms with Gasteiger partial charge in [-0.2, -0.15) is 5.10 Å². The van der Waals surface area contributed by atoms with Crippen LogP contribution in [0.3, 0.4) is 0 Å². The first-order valence-corrected chi connectivity index (χ1v) is 3.70. The van der Waals surface area contributed by atoms with Crippen LogP contribution in [-0.2, 0) is 26.8 Å². The Morgan fingerprint density at radius 2 is 2.46 bits per heavy atom. The van der Waals surface area contributed by atoms with Crippen molar-refractivity contribution in [1.82, 2.24) is 19.8 Å². The molecular weight excluding hydrogens is 340 g/mol. The standard InChI is InChI=1S/C7H8N5.Re/c1-2-5-6(8)3-10-12-7(5)9-4-11-12;/h3,8H,2H2,1H3,(H,9,11);/q-1;. The Balaban J connectivity index is 0.000000845. The smallest absolute Gasteiger partial charge is 0.0716 e. The van der Waals surface area contributed by atoms with E-state index in [0.29, 0.717) is 5.36 Å². The molecule has 69 valence electrons. The van der Waals surface area contributed by atoms with Gasteiger partial charge in [0.05, 0.1) is 11.6 Å². The van der Waals surface area contributed by atoms with Crippen LogP contribution >= 0.6 is 0 Å². The van der Waals surface area contributed by atoms with Gasteiger partial charge in [-0.15, -0.1) is 0 Å². The minimum Gasteiger partial charge on any atom is -0.490 e. The number of hydrogen-bond donors (Lipinski definition) is 2. The second-order valence-electron chi connectivity index (χ2n) is 2.47. The summed E-state index contributed by atoms with van der Waals surface area (Å²) in [6.07, 6.45) is 4.86. The van der Waals surface area contributed by atoms with Gasteiger partial charge in [0.2, 0.25) is 0 Å². The molecule has 2 aromatic heterocycles. The molecule has 5 nitrogen and oxygen atoms in total. The number of aromatic amines is 1. The molecule has 2 rings (SSSR count). The van der Waals surface area contributed by atoms with Crippen LogP contribution in [0, 0.1) is 11.7 Å². The summed E-state index contributed by atoms with van der Waals surface area (Å²) in [5.41, 5.74) is 1.67. The maximum Gasteiger partial charge on any atom is 0.0716 e. The van der Waals surface area contributed by atoms with Gasteiger partial charge in [-0.05, 0) is 12.7 Å². The summed E-state index contributed by atoms with van der Waals surface area (Å²) < 4.78 is 1.44. The Morgan fingerprint density at radius 1 is 1.69 bits per heavy atom. The molecule has 2 aromatic rings. The normalized spacial score (nSPS) is 9.92. The van der Waals surface area contributed by atoms with Crippen molar-refractivity contribution < 1.29 is 20.4 Å². The fraction of sp³-hybridized carbons (Fsp3) is 0.286. The molecule has 0 aliphatic rings. The summed E-state index contributed by atoms with van der Waals surface area (Å²) in [4.78, 5) is 2.82. The summed E-state index contributed by atoms with van der Waals surface area (Å²) in [5, 5.41) is 15.7. The molecule has 0 aromatic carbocycles. The van der Waals surface area contributed by atoms with Crippen molar-refractivity contribution in [2.24, 2.45) is 0 Å². The number of aromatic nitrogens is 4. The second-order valence-corrected chi connectivity index (χ2v) is 2.47. The molecule has 2 N–H and O–H groups in total. The Labute approximate surface area is 88.3 Å². The number of nitrogens with zero attached hydrogens (tertiary/aromatic N) is 3. The van der Waals surface area contributed by atoms with Gasteiger partial charge in [0.25, 0.3) is 0 Å². The third kappa shape index (κ3) is 1.55. The van der Waals surface area contributed by atoms with Gasteiger partial charge in [-0.1, -0.05) is 12.5 Å². The summed E-state index contributed by atoms with van der Waals surface area (Å²) in [6.45, 7) is 1.99. The van der Waals surface area contributed by atoms with Gasteiger partial charge in [0.1, 0.15) is 0 Å². The zero-order valence-corrected chi connectivity index (χ0v) is 9.72.